The normalized spacial score (nSPS) is 14.0. The molecule has 2 aliphatic heterocycles. The lowest BCUT2D eigenvalue weighted by atomic mass is 9.75. The van der Waals surface area contributed by atoms with Gasteiger partial charge in [0.2, 0.25) is 0 Å². The molecule has 2 aliphatic rings. The molecule has 0 atom stereocenters. The van der Waals surface area contributed by atoms with Crippen molar-refractivity contribution in [2.75, 3.05) is 0 Å². The monoisotopic (exact) mass is 596 g/mol. The van der Waals surface area contributed by atoms with E-state index in [0.717, 1.165) is 6.07 Å². The van der Waals surface area contributed by atoms with Crippen molar-refractivity contribution in [1.29, 1.82) is 0 Å². The van der Waals surface area contributed by atoms with E-state index in [0.29, 0.717) is 22.3 Å². The average molecular weight is 597 g/mol. The Bertz CT molecular complexity index is 1880. The van der Waals surface area contributed by atoms with Crippen molar-refractivity contribution in [3.8, 4) is 45.3 Å². The zero-order valence-electron chi connectivity index (χ0n) is 21.4. The standard InChI is InChI=1S/C33H18Cl2O7/c34-23-13-20(31(38)39)30(35)29-28(23)32(40)42-33(29)21-11-18(16-7-3-1-4-8-16)24(36)14-26(21)41-27-15-25(37)19(12-22(27)33)17-9-5-2-6-10-17/h1-15,36-37H,(H,38,39). The maximum absolute atomic E-state index is 13.6. The molecule has 0 radical (unpaired) electrons. The SMILES string of the molecule is O=C(O)c1cc(Cl)c2c(c1Cl)C1(OC2=O)c2cc(-c3ccccc3)c(O)cc2Oc2cc(O)c(-c3ccccc3)cc21. The second-order valence-corrected chi connectivity index (χ2v) is 10.7. The highest BCUT2D eigenvalue weighted by Crippen LogP contribution is 2.61. The first-order valence-corrected chi connectivity index (χ1v) is 13.5. The Hall–Kier alpha value is -4.98. The van der Waals surface area contributed by atoms with E-state index in [4.69, 9.17) is 32.7 Å². The lowest BCUT2D eigenvalue weighted by molar-refractivity contribution is 0.0225. The van der Waals surface area contributed by atoms with E-state index < -0.39 is 17.5 Å². The first-order chi connectivity index (χ1) is 20.2. The minimum atomic E-state index is -1.85. The summed E-state index contributed by atoms with van der Waals surface area (Å²) in [6, 6.07) is 25.3. The highest BCUT2D eigenvalue weighted by Gasteiger charge is 2.57. The first-order valence-electron chi connectivity index (χ1n) is 12.7. The van der Waals surface area contributed by atoms with Gasteiger partial charge in [0, 0.05) is 39.9 Å². The molecule has 0 saturated carbocycles. The fourth-order valence-corrected chi connectivity index (χ4v) is 6.39. The zero-order chi connectivity index (χ0) is 29.3. The molecule has 0 unspecified atom stereocenters. The highest BCUT2D eigenvalue weighted by molar-refractivity contribution is 6.39. The number of aromatic hydroxyl groups is 2. The van der Waals surface area contributed by atoms with Gasteiger partial charge in [0.1, 0.15) is 23.0 Å². The van der Waals surface area contributed by atoms with E-state index in [-0.39, 0.29) is 60.9 Å². The summed E-state index contributed by atoms with van der Waals surface area (Å²) in [4.78, 5) is 25.8. The van der Waals surface area contributed by atoms with Crippen LogP contribution < -0.4 is 4.74 Å². The number of carbonyl (C=O) groups excluding carboxylic acids is 1. The van der Waals surface area contributed by atoms with Crippen LogP contribution >= 0.6 is 23.2 Å². The molecule has 9 heteroatoms. The molecule has 5 aromatic carbocycles. The van der Waals surface area contributed by atoms with Crippen molar-refractivity contribution < 1.29 is 34.4 Å². The van der Waals surface area contributed by atoms with Gasteiger partial charge in [-0.25, -0.2) is 9.59 Å². The Labute approximate surface area is 248 Å². The quantitative estimate of drug-likeness (QED) is 0.181. The lowest BCUT2D eigenvalue weighted by Crippen LogP contribution is -2.33. The van der Waals surface area contributed by atoms with Gasteiger partial charge in [0.05, 0.1) is 21.2 Å². The highest BCUT2D eigenvalue weighted by atomic mass is 35.5. The lowest BCUT2D eigenvalue weighted by Gasteiger charge is -2.37. The fraction of sp³-hybridized carbons (Fsp3) is 0.0303. The predicted molar refractivity (Wildman–Crippen MR) is 156 cm³/mol. The van der Waals surface area contributed by atoms with Crippen LogP contribution in [0.2, 0.25) is 10.0 Å². The molecule has 206 valence electrons. The van der Waals surface area contributed by atoms with Crippen LogP contribution in [0.15, 0.2) is 91.0 Å². The molecule has 1 spiro atoms. The topological polar surface area (TPSA) is 113 Å². The smallest absolute Gasteiger partial charge is 0.341 e. The summed E-state index contributed by atoms with van der Waals surface area (Å²) >= 11 is 13.3. The summed E-state index contributed by atoms with van der Waals surface area (Å²) in [5.74, 6) is -2.18. The number of carboxylic acid groups (broad SMARTS) is 1. The van der Waals surface area contributed by atoms with E-state index >= 15 is 0 Å². The summed E-state index contributed by atoms with van der Waals surface area (Å²) in [7, 11) is 0. The molecule has 0 amide bonds. The number of fused-ring (bicyclic) bond motifs is 6. The molecule has 5 aromatic rings. The van der Waals surface area contributed by atoms with E-state index in [9.17, 15) is 24.9 Å². The second kappa shape index (κ2) is 9.27. The number of phenols is 2. The molecule has 0 fully saturated rings. The van der Waals surface area contributed by atoms with Crippen LogP contribution in [0.3, 0.4) is 0 Å². The third kappa shape index (κ3) is 3.61. The minimum absolute atomic E-state index is 0.0271. The van der Waals surface area contributed by atoms with E-state index in [1.807, 2.05) is 36.4 Å². The van der Waals surface area contributed by atoms with Crippen LogP contribution in [0.4, 0.5) is 0 Å². The molecular formula is C33H18Cl2O7. The van der Waals surface area contributed by atoms with Gasteiger partial charge in [-0.2, -0.15) is 0 Å². The number of hydrogen-bond donors (Lipinski definition) is 3. The molecule has 0 bridgehead atoms. The van der Waals surface area contributed by atoms with Crippen LogP contribution in [0, 0.1) is 0 Å². The van der Waals surface area contributed by atoms with Crippen molar-refractivity contribution >= 4 is 35.1 Å². The Morgan fingerprint density at radius 2 is 1.24 bits per heavy atom. The fourth-order valence-electron chi connectivity index (χ4n) is 5.75. The van der Waals surface area contributed by atoms with Crippen LogP contribution in [0.5, 0.6) is 23.0 Å². The van der Waals surface area contributed by atoms with Gasteiger partial charge in [0.25, 0.3) is 0 Å². The maximum Gasteiger partial charge on any atom is 0.341 e. The molecule has 0 aromatic heterocycles. The molecule has 42 heavy (non-hydrogen) atoms. The van der Waals surface area contributed by atoms with E-state index in [2.05, 4.69) is 0 Å². The Morgan fingerprint density at radius 1 is 0.738 bits per heavy atom. The number of carbonyl (C=O) groups is 2. The van der Waals surface area contributed by atoms with Gasteiger partial charge in [-0.15, -0.1) is 0 Å². The predicted octanol–water partition coefficient (Wildman–Crippen LogP) is 8.00. The Kier molecular flexibility index (Phi) is 5.73. The van der Waals surface area contributed by atoms with E-state index in [1.165, 1.54) is 12.1 Å². The number of esters is 1. The molecule has 2 heterocycles. The van der Waals surface area contributed by atoms with Crippen LogP contribution in [0.1, 0.15) is 37.4 Å². The second-order valence-electron chi connectivity index (χ2n) is 9.91. The first kappa shape index (κ1) is 26.0. The van der Waals surface area contributed by atoms with E-state index in [1.54, 1.807) is 36.4 Å². The minimum Gasteiger partial charge on any atom is -0.507 e. The number of phenolic OH excluding ortho intramolecular Hbond substituents is 2. The third-order valence-corrected chi connectivity index (χ3v) is 8.28. The molecule has 0 saturated heterocycles. The number of halogens is 2. The van der Waals surface area contributed by atoms with Crippen LogP contribution in [-0.4, -0.2) is 27.3 Å². The summed E-state index contributed by atoms with van der Waals surface area (Å²) in [6.07, 6.45) is 0. The van der Waals surface area contributed by atoms with Gasteiger partial charge in [0.15, 0.2) is 5.60 Å². The summed E-state index contributed by atoms with van der Waals surface area (Å²) in [5, 5.41) is 31.7. The number of hydrogen-bond acceptors (Lipinski definition) is 6. The summed E-state index contributed by atoms with van der Waals surface area (Å²) in [5.41, 5.74) is 0.478. The number of aromatic carboxylic acids is 1. The maximum atomic E-state index is 13.6. The van der Waals surface area contributed by atoms with Gasteiger partial charge in [-0.3, -0.25) is 0 Å². The molecule has 7 rings (SSSR count). The van der Waals surface area contributed by atoms with Crippen molar-refractivity contribution in [1.82, 2.24) is 0 Å². The van der Waals surface area contributed by atoms with Crippen LogP contribution in [0.25, 0.3) is 22.3 Å². The van der Waals surface area contributed by atoms with Gasteiger partial charge in [-0.05, 0) is 29.3 Å². The molecule has 0 aliphatic carbocycles. The van der Waals surface area contributed by atoms with Gasteiger partial charge in [-0.1, -0.05) is 83.9 Å². The van der Waals surface area contributed by atoms with Crippen molar-refractivity contribution in [2.24, 2.45) is 0 Å². The number of ether oxygens (including phenoxy) is 2. The van der Waals surface area contributed by atoms with Gasteiger partial charge < -0.3 is 24.8 Å². The summed E-state index contributed by atoms with van der Waals surface area (Å²) in [6.45, 7) is 0. The zero-order valence-corrected chi connectivity index (χ0v) is 22.9. The Morgan fingerprint density at radius 3 is 1.71 bits per heavy atom. The number of carboxylic acids is 1. The molecule has 3 N–H and O–H groups in total. The largest absolute Gasteiger partial charge is 0.507 e. The average Bonchev–Trinajstić information content (AvgIpc) is 3.29. The Balaban J connectivity index is 1.63. The summed E-state index contributed by atoms with van der Waals surface area (Å²) < 4.78 is 12.4. The molecule has 7 nitrogen and oxygen atoms in total. The van der Waals surface area contributed by atoms with Gasteiger partial charge >= 0.3 is 11.9 Å². The number of rotatable bonds is 3. The van der Waals surface area contributed by atoms with Crippen molar-refractivity contribution in [3.05, 3.63) is 129 Å². The molecular weight excluding hydrogens is 579 g/mol. The van der Waals surface area contributed by atoms with Crippen LogP contribution in [-0.2, 0) is 10.3 Å². The van der Waals surface area contributed by atoms with Crippen molar-refractivity contribution in [3.63, 3.8) is 0 Å². The van der Waals surface area contributed by atoms with Crippen molar-refractivity contribution in [2.45, 2.75) is 5.60 Å². The number of benzene rings is 5. The third-order valence-electron chi connectivity index (χ3n) is 7.59.